The molecule has 0 bridgehead atoms. The Bertz CT molecular complexity index is 369. The van der Waals surface area contributed by atoms with Crippen LogP contribution in [-0.2, 0) is 0 Å². The van der Waals surface area contributed by atoms with Crippen molar-refractivity contribution < 1.29 is 4.79 Å². The zero-order valence-electron chi connectivity index (χ0n) is 9.23. The van der Waals surface area contributed by atoms with Crippen molar-refractivity contribution in [3.63, 3.8) is 0 Å². The molecule has 1 nitrogen and oxygen atoms in total. The van der Waals surface area contributed by atoms with Gasteiger partial charge in [-0.1, -0.05) is 49.4 Å². The Morgan fingerprint density at radius 3 is 2.40 bits per heavy atom. The van der Waals surface area contributed by atoms with Gasteiger partial charge in [-0.25, -0.2) is 0 Å². The minimum absolute atomic E-state index is 0.716. The van der Waals surface area contributed by atoms with Crippen molar-refractivity contribution in [3.05, 3.63) is 53.6 Å². The van der Waals surface area contributed by atoms with Gasteiger partial charge in [0.1, 0.15) is 6.29 Å². The minimum atomic E-state index is 0.716. The lowest BCUT2D eigenvalue weighted by molar-refractivity contribution is 0.112. The maximum Gasteiger partial charge on any atom is 0.150 e. The molecule has 0 radical (unpaired) electrons. The van der Waals surface area contributed by atoms with Gasteiger partial charge in [-0.15, -0.1) is 0 Å². The molecule has 0 aromatic heterocycles. The van der Waals surface area contributed by atoms with E-state index in [4.69, 9.17) is 0 Å². The van der Waals surface area contributed by atoms with E-state index in [1.54, 1.807) is 0 Å². The van der Waals surface area contributed by atoms with Gasteiger partial charge in [0, 0.05) is 5.56 Å². The number of benzene rings is 1. The maximum atomic E-state index is 10.5. The van der Waals surface area contributed by atoms with E-state index in [2.05, 4.69) is 25.2 Å². The van der Waals surface area contributed by atoms with E-state index in [-0.39, 0.29) is 0 Å². The summed E-state index contributed by atoms with van der Waals surface area (Å²) in [4.78, 5) is 10.5. The Kier molecular flexibility index (Phi) is 4.55. The van der Waals surface area contributed by atoms with Gasteiger partial charge in [-0.3, -0.25) is 4.79 Å². The molecule has 0 amide bonds. The number of hydrogen-bond acceptors (Lipinski definition) is 1. The number of rotatable bonds is 4. The van der Waals surface area contributed by atoms with E-state index in [0.717, 1.165) is 18.3 Å². The lowest BCUT2D eigenvalue weighted by atomic mass is 10.0. The molecule has 1 rings (SSSR count). The molecule has 0 heterocycles. The zero-order chi connectivity index (χ0) is 11.1. The average Bonchev–Trinajstić information content (AvgIpc) is 2.31. The second-order valence-electron chi connectivity index (χ2n) is 3.29. The first kappa shape index (κ1) is 11.4. The van der Waals surface area contributed by atoms with Crippen LogP contribution in [0.5, 0.6) is 0 Å². The van der Waals surface area contributed by atoms with E-state index in [0.29, 0.717) is 5.56 Å². The molecule has 0 fully saturated rings. The third kappa shape index (κ3) is 3.21. The SMILES string of the molecule is C/C=C(\C=C/CC)c1ccc(C=O)cc1. The highest BCUT2D eigenvalue weighted by Gasteiger charge is 1.96. The van der Waals surface area contributed by atoms with E-state index < -0.39 is 0 Å². The van der Waals surface area contributed by atoms with Gasteiger partial charge >= 0.3 is 0 Å². The maximum absolute atomic E-state index is 10.5. The molecule has 15 heavy (non-hydrogen) atoms. The topological polar surface area (TPSA) is 17.1 Å². The summed E-state index contributed by atoms with van der Waals surface area (Å²) in [6, 6.07) is 7.62. The lowest BCUT2D eigenvalue weighted by Crippen LogP contribution is -1.83. The number of hydrogen-bond donors (Lipinski definition) is 0. The van der Waals surface area contributed by atoms with E-state index in [1.165, 1.54) is 5.57 Å². The van der Waals surface area contributed by atoms with Crippen LogP contribution in [-0.4, -0.2) is 6.29 Å². The third-order valence-electron chi connectivity index (χ3n) is 2.22. The fourth-order valence-electron chi connectivity index (χ4n) is 1.36. The van der Waals surface area contributed by atoms with Gasteiger partial charge in [-0.05, 0) is 24.5 Å². The summed E-state index contributed by atoms with van der Waals surface area (Å²) in [7, 11) is 0. The second-order valence-corrected chi connectivity index (χ2v) is 3.29. The molecule has 1 aromatic carbocycles. The monoisotopic (exact) mass is 200 g/mol. The fourth-order valence-corrected chi connectivity index (χ4v) is 1.36. The van der Waals surface area contributed by atoms with Crippen molar-refractivity contribution >= 4 is 11.9 Å². The summed E-state index contributed by atoms with van der Waals surface area (Å²) in [5.74, 6) is 0. The molecule has 0 unspecified atom stereocenters. The minimum Gasteiger partial charge on any atom is -0.298 e. The van der Waals surface area contributed by atoms with Crippen LogP contribution < -0.4 is 0 Å². The quantitative estimate of drug-likeness (QED) is 0.532. The van der Waals surface area contributed by atoms with Crippen molar-refractivity contribution in [1.82, 2.24) is 0 Å². The average molecular weight is 200 g/mol. The Morgan fingerprint density at radius 2 is 1.93 bits per heavy atom. The largest absolute Gasteiger partial charge is 0.298 e. The molecule has 0 aliphatic heterocycles. The van der Waals surface area contributed by atoms with Crippen molar-refractivity contribution in [1.29, 1.82) is 0 Å². The number of carbonyl (C=O) groups excluding carboxylic acids is 1. The van der Waals surface area contributed by atoms with Crippen LogP contribution in [0.4, 0.5) is 0 Å². The van der Waals surface area contributed by atoms with Gasteiger partial charge in [0.25, 0.3) is 0 Å². The highest BCUT2D eigenvalue weighted by molar-refractivity contribution is 5.78. The molecule has 0 aliphatic rings. The highest BCUT2D eigenvalue weighted by atomic mass is 16.1. The van der Waals surface area contributed by atoms with Gasteiger partial charge < -0.3 is 0 Å². The van der Waals surface area contributed by atoms with Crippen LogP contribution in [0.1, 0.15) is 36.2 Å². The van der Waals surface area contributed by atoms with Gasteiger partial charge in [-0.2, -0.15) is 0 Å². The summed E-state index contributed by atoms with van der Waals surface area (Å²) >= 11 is 0. The van der Waals surface area contributed by atoms with Gasteiger partial charge in [0.15, 0.2) is 0 Å². The molecule has 0 N–H and O–H groups in total. The predicted molar refractivity (Wildman–Crippen MR) is 64.9 cm³/mol. The molecule has 1 heteroatoms. The first-order valence-corrected chi connectivity index (χ1v) is 5.20. The third-order valence-corrected chi connectivity index (χ3v) is 2.22. The number of aldehydes is 1. The summed E-state index contributed by atoms with van der Waals surface area (Å²) in [5, 5.41) is 0. The van der Waals surface area contributed by atoms with Crippen LogP contribution in [0.15, 0.2) is 42.5 Å². The molecule has 0 spiro atoms. The first-order chi connectivity index (χ1) is 7.31. The Morgan fingerprint density at radius 1 is 1.27 bits per heavy atom. The van der Waals surface area contributed by atoms with Crippen LogP contribution in [0.25, 0.3) is 5.57 Å². The molecule has 0 aliphatic carbocycles. The second kappa shape index (κ2) is 5.97. The summed E-state index contributed by atoms with van der Waals surface area (Å²) < 4.78 is 0. The van der Waals surface area contributed by atoms with Crippen LogP contribution in [0.3, 0.4) is 0 Å². The zero-order valence-corrected chi connectivity index (χ0v) is 9.23. The van der Waals surface area contributed by atoms with Crippen molar-refractivity contribution in [2.75, 3.05) is 0 Å². The van der Waals surface area contributed by atoms with Gasteiger partial charge in [0.2, 0.25) is 0 Å². The predicted octanol–water partition coefficient (Wildman–Crippen LogP) is 3.87. The summed E-state index contributed by atoms with van der Waals surface area (Å²) in [6.07, 6.45) is 8.20. The van der Waals surface area contributed by atoms with Crippen molar-refractivity contribution in [3.8, 4) is 0 Å². The van der Waals surface area contributed by atoms with E-state index in [9.17, 15) is 4.79 Å². The fraction of sp³-hybridized carbons (Fsp3) is 0.214. The van der Waals surface area contributed by atoms with E-state index >= 15 is 0 Å². The molecule has 0 atom stereocenters. The first-order valence-electron chi connectivity index (χ1n) is 5.20. The molecule has 0 saturated carbocycles. The Hall–Kier alpha value is -1.63. The molecule has 78 valence electrons. The molecular formula is C14H16O. The highest BCUT2D eigenvalue weighted by Crippen LogP contribution is 2.16. The van der Waals surface area contributed by atoms with Crippen molar-refractivity contribution in [2.24, 2.45) is 0 Å². The molecular weight excluding hydrogens is 184 g/mol. The standard InChI is InChI=1S/C14H16O/c1-3-5-6-13(4-2)14-9-7-12(11-15)8-10-14/h4-11H,3H2,1-2H3/b6-5-,13-4+. The van der Waals surface area contributed by atoms with Gasteiger partial charge in [0.05, 0.1) is 0 Å². The van der Waals surface area contributed by atoms with E-state index in [1.807, 2.05) is 31.2 Å². The Labute approximate surface area is 91.1 Å². The smallest absolute Gasteiger partial charge is 0.150 e. The number of carbonyl (C=O) groups is 1. The van der Waals surface area contributed by atoms with Crippen molar-refractivity contribution in [2.45, 2.75) is 20.3 Å². The Balaban J connectivity index is 2.93. The molecule has 1 aromatic rings. The molecule has 0 saturated heterocycles. The normalized spacial score (nSPS) is 12.0. The van der Waals surface area contributed by atoms with Crippen LogP contribution in [0.2, 0.25) is 0 Å². The number of allylic oxidation sites excluding steroid dienone is 4. The summed E-state index contributed by atoms with van der Waals surface area (Å²) in [5.41, 5.74) is 3.05. The lowest BCUT2D eigenvalue weighted by Gasteiger charge is -2.01. The van der Waals surface area contributed by atoms with Crippen LogP contribution >= 0.6 is 0 Å². The van der Waals surface area contributed by atoms with Crippen LogP contribution in [0, 0.1) is 0 Å². The summed E-state index contributed by atoms with van der Waals surface area (Å²) in [6.45, 7) is 4.13.